The van der Waals surface area contributed by atoms with Gasteiger partial charge < -0.3 is 19.7 Å². The summed E-state index contributed by atoms with van der Waals surface area (Å²) in [4.78, 5) is 26.3. The Kier molecular flexibility index (Phi) is 7.46. The van der Waals surface area contributed by atoms with Crippen LogP contribution in [-0.2, 0) is 9.53 Å². The molecule has 27 heavy (non-hydrogen) atoms. The molecule has 2 atom stereocenters. The van der Waals surface area contributed by atoms with Gasteiger partial charge in [0.2, 0.25) is 12.3 Å². The van der Waals surface area contributed by atoms with Crippen molar-refractivity contribution in [2.45, 2.75) is 25.8 Å². The first kappa shape index (κ1) is 21.0. The van der Waals surface area contributed by atoms with Crippen molar-refractivity contribution in [1.82, 2.24) is 10.2 Å². The molecule has 1 N–H and O–H groups in total. The molecule has 0 saturated carbocycles. The van der Waals surface area contributed by atoms with E-state index in [-0.39, 0.29) is 30.4 Å². The highest BCUT2D eigenvalue weighted by Gasteiger charge is 2.29. The van der Waals surface area contributed by atoms with Crippen LogP contribution >= 0.6 is 0 Å². The quantitative estimate of drug-likeness (QED) is 0.777. The number of hydrogen-bond acceptors (Lipinski definition) is 4. The number of ether oxygens (including phenoxy) is 2. The van der Waals surface area contributed by atoms with Crippen LogP contribution in [0.5, 0.6) is 5.75 Å². The largest absolute Gasteiger partial charge is 0.494 e. The molecule has 2 amide bonds. The Balaban J connectivity index is 2.04. The van der Waals surface area contributed by atoms with Gasteiger partial charge in [-0.25, -0.2) is 13.2 Å². The van der Waals surface area contributed by atoms with Gasteiger partial charge in [0.05, 0.1) is 26.4 Å². The highest BCUT2D eigenvalue weighted by molar-refractivity contribution is 5.95. The third-order valence-electron chi connectivity index (χ3n) is 4.38. The molecule has 6 nitrogen and oxygen atoms in total. The molecule has 0 radical (unpaired) electrons. The third-order valence-corrected chi connectivity index (χ3v) is 4.38. The number of nitrogens with zero attached hydrogens (tertiary/aromatic N) is 1. The Bertz CT molecular complexity index is 672. The number of methoxy groups -OCH3 is 1. The van der Waals surface area contributed by atoms with Gasteiger partial charge in [0.1, 0.15) is 0 Å². The van der Waals surface area contributed by atoms with Crippen LogP contribution in [0.3, 0.4) is 0 Å². The summed E-state index contributed by atoms with van der Waals surface area (Å²) in [5.74, 6) is -2.30. The topological polar surface area (TPSA) is 67.9 Å². The molecule has 1 aromatic rings. The van der Waals surface area contributed by atoms with Crippen LogP contribution in [-0.4, -0.2) is 62.6 Å². The fourth-order valence-electron chi connectivity index (χ4n) is 2.82. The predicted molar refractivity (Wildman–Crippen MR) is 91.4 cm³/mol. The SMILES string of the molecule is COc1cc(C(=O)N2CCOCC2CNC(=O)C(C)CC(F)F)ccc1F. The molecule has 0 spiro atoms. The Morgan fingerprint density at radius 2 is 2.15 bits per heavy atom. The number of carbonyl (C=O) groups is 2. The maximum absolute atomic E-state index is 13.6. The monoisotopic (exact) mass is 388 g/mol. The lowest BCUT2D eigenvalue weighted by Gasteiger charge is -2.36. The Morgan fingerprint density at radius 1 is 1.41 bits per heavy atom. The number of rotatable bonds is 7. The molecule has 0 aliphatic carbocycles. The fourth-order valence-corrected chi connectivity index (χ4v) is 2.82. The van der Waals surface area contributed by atoms with Crippen molar-refractivity contribution in [2.75, 3.05) is 33.4 Å². The van der Waals surface area contributed by atoms with Crippen molar-refractivity contribution in [3.63, 3.8) is 0 Å². The van der Waals surface area contributed by atoms with Gasteiger partial charge >= 0.3 is 0 Å². The lowest BCUT2D eigenvalue weighted by atomic mass is 10.1. The van der Waals surface area contributed by atoms with Crippen LogP contribution in [0.15, 0.2) is 18.2 Å². The summed E-state index contributed by atoms with van der Waals surface area (Å²) in [5, 5.41) is 2.59. The van der Waals surface area contributed by atoms with Crippen molar-refractivity contribution >= 4 is 11.8 Å². The maximum Gasteiger partial charge on any atom is 0.254 e. The lowest BCUT2D eigenvalue weighted by Crippen LogP contribution is -2.54. The molecule has 1 aliphatic rings. The minimum absolute atomic E-state index is 0.0419. The van der Waals surface area contributed by atoms with Crippen molar-refractivity contribution in [3.8, 4) is 5.75 Å². The van der Waals surface area contributed by atoms with E-state index < -0.39 is 36.5 Å². The number of hydrogen-bond donors (Lipinski definition) is 1. The van der Waals surface area contributed by atoms with Crippen molar-refractivity contribution in [1.29, 1.82) is 0 Å². The first-order valence-corrected chi connectivity index (χ1v) is 8.61. The molecule has 1 fully saturated rings. The second kappa shape index (κ2) is 9.59. The van der Waals surface area contributed by atoms with E-state index in [0.29, 0.717) is 13.2 Å². The standard InChI is InChI=1S/C18H23F3N2O4/c1-11(7-16(20)21)17(24)22-9-13-10-27-6-5-23(13)18(25)12-3-4-14(19)15(8-12)26-2/h3-4,8,11,13,16H,5-7,9-10H2,1-2H3,(H,22,24). The Labute approximate surface area is 155 Å². The molecule has 150 valence electrons. The van der Waals surface area contributed by atoms with E-state index in [2.05, 4.69) is 5.32 Å². The minimum Gasteiger partial charge on any atom is -0.494 e. The summed E-state index contributed by atoms with van der Waals surface area (Å²) in [7, 11) is 1.31. The lowest BCUT2D eigenvalue weighted by molar-refractivity contribution is -0.126. The zero-order valence-corrected chi connectivity index (χ0v) is 15.2. The molecule has 1 aliphatic heterocycles. The summed E-state index contributed by atoms with van der Waals surface area (Å²) < 4.78 is 48.6. The van der Waals surface area contributed by atoms with Gasteiger partial charge in [0, 0.05) is 31.0 Å². The molecule has 9 heteroatoms. The number of morpholine rings is 1. The van der Waals surface area contributed by atoms with Crippen LogP contribution in [0.2, 0.25) is 0 Å². The summed E-state index contributed by atoms with van der Waals surface area (Å²) in [6.07, 6.45) is -3.08. The van der Waals surface area contributed by atoms with Gasteiger partial charge in [-0.3, -0.25) is 9.59 Å². The van der Waals surface area contributed by atoms with E-state index in [4.69, 9.17) is 9.47 Å². The maximum atomic E-state index is 13.6. The zero-order chi connectivity index (χ0) is 20.0. The Hall–Kier alpha value is -2.29. The molecular weight excluding hydrogens is 365 g/mol. The van der Waals surface area contributed by atoms with Gasteiger partial charge in [0.15, 0.2) is 11.6 Å². The molecule has 2 unspecified atom stereocenters. The van der Waals surface area contributed by atoms with Crippen LogP contribution in [0.1, 0.15) is 23.7 Å². The highest BCUT2D eigenvalue weighted by Crippen LogP contribution is 2.21. The van der Waals surface area contributed by atoms with E-state index in [1.54, 1.807) is 0 Å². The first-order valence-electron chi connectivity index (χ1n) is 8.61. The van der Waals surface area contributed by atoms with Crippen molar-refractivity contribution in [2.24, 2.45) is 5.92 Å². The molecule has 1 heterocycles. The van der Waals surface area contributed by atoms with Crippen molar-refractivity contribution < 1.29 is 32.2 Å². The van der Waals surface area contributed by atoms with E-state index in [9.17, 15) is 22.8 Å². The van der Waals surface area contributed by atoms with E-state index in [1.165, 1.54) is 31.1 Å². The van der Waals surface area contributed by atoms with Crippen molar-refractivity contribution in [3.05, 3.63) is 29.6 Å². The van der Waals surface area contributed by atoms with E-state index >= 15 is 0 Å². The summed E-state index contributed by atoms with van der Waals surface area (Å²) >= 11 is 0. The molecule has 1 aromatic carbocycles. The number of nitrogens with one attached hydrogen (secondary N) is 1. The van der Waals surface area contributed by atoms with E-state index in [0.717, 1.165) is 6.07 Å². The zero-order valence-electron chi connectivity index (χ0n) is 15.2. The highest BCUT2D eigenvalue weighted by atomic mass is 19.3. The van der Waals surface area contributed by atoms with Crippen LogP contribution in [0.4, 0.5) is 13.2 Å². The minimum atomic E-state index is -2.56. The number of amides is 2. The molecule has 0 aromatic heterocycles. The normalized spacial score (nSPS) is 18.3. The third kappa shape index (κ3) is 5.59. The predicted octanol–water partition coefficient (Wildman–Crippen LogP) is 2.08. The molecule has 1 saturated heterocycles. The summed E-state index contributed by atoms with van der Waals surface area (Å²) in [6.45, 7) is 2.33. The Morgan fingerprint density at radius 3 is 2.81 bits per heavy atom. The second-order valence-electron chi connectivity index (χ2n) is 6.35. The average molecular weight is 388 g/mol. The van der Waals surface area contributed by atoms with Gasteiger partial charge in [0.25, 0.3) is 5.91 Å². The number of halogens is 3. The molecule has 2 rings (SSSR count). The summed E-state index contributed by atoms with van der Waals surface area (Å²) in [5.41, 5.74) is 0.248. The van der Waals surface area contributed by atoms with Crippen LogP contribution in [0.25, 0.3) is 0 Å². The van der Waals surface area contributed by atoms with Gasteiger partial charge in [-0.05, 0) is 18.2 Å². The fraction of sp³-hybridized carbons (Fsp3) is 0.556. The first-order chi connectivity index (χ1) is 12.8. The second-order valence-corrected chi connectivity index (χ2v) is 6.35. The van der Waals surface area contributed by atoms with Gasteiger partial charge in [-0.2, -0.15) is 0 Å². The van der Waals surface area contributed by atoms with Gasteiger partial charge in [-0.15, -0.1) is 0 Å². The summed E-state index contributed by atoms with van der Waals surface area (Å²) in [6, 6.07) is 3.36. The smallest absolute Gasteiger partial charge is 0.254 e. The van der Waals surface area contributed by atoms with Crippen LogP contribution < -0.4 is 10.1 Å². The molecular formula is C18H23F3N2O4. The number of carbonyl (C=O) groups excluding carboxylic acids is 2. The number of alkyl halides is 2. The number of benzene rings is 1. The van der Waals surface area contributed by atoms with Gasteiger partial charge in [-0.1, -0.05) is 6.92 Å². The van der Waals surface area contributed by atoms with E-state index in [1.807, 2.05) is 0 Å². The molecule has 0 bridgehead atoms. The van der Waals surface area contributed by atoms with Crippen LogP contribution in [0, 0.1) is 11.7 Å². The average Bonchev–Trinajstić information content (AvgIpc) is 2.65.